The highest BCUT2D eigenvalue weighted by atomic mass is 127. The molecule has 0 atom stereocenters. The molecule has 1 heteroatoms. The van der Waals surface area contributed by atoms with Crippen LogP contribution in [0.3, 0.4) is 0 Å². The average Bonchev–Trinajstić information content (AvgIpc) is 1.69. The van der Waals surface area contributed by atoms with Gasteiger partial charge in [0.05, 0.1) is 0 Å². The van der Waals surface area contributed by atoms with Crippen molar-refractivity contribution in [2.24, 2.45) is 0 Å². The van der Waals surface area contributed by atoms with Gasteiger partial charge in [0.1, 0.15) is 0 Å². The number of hydrogen-bond donors (Lipinski definition) is 0. The smallest absolute Gasteiger partial charge is 0.0187 e. The van der Waals surface area contributed by atoms with E-state index >= 15 is 0 Å². The van der Waals surface area contributed by atoms with Crippen molar-refractivity contribution in [2.45, 2.75) is 6.92 Å². The summed E-state index contributed by atoms with van der Waals surface area (Å²) in [4.78, 5) is 0. The van der Waals surface area contributed by atoms with Crippen LogP contribution in [0.4, 0.5) is 0 Å². The van der Waals surface area contributed by atoms with Crippen LogP contribution in [0.2, 0.25) is 0 Å². The predicted octanol–water partition coefficient (Wildman–Crippen LogP) is 2.67. The van der Waals surface area contributed by atoms with Crippen molar-refractivity contribution < 1.29 is 0 Å². The molecule has 0 bridgehead atoms. The summed E-state index contributed by atoms with van der Waals surface area (Å²) in [5, 5.41) is 0. The second-order valence-corrected chi connectivity index (χ2v) is 1.59. The summed E-state index contributed by atoms with van der Waals surface area (Å²) in [7, 11) is 0. The Bertz CT molecular complexity index is 105. The molecular weight excluding hydrogens is 199 g/mol. The molecule has 0 aliphatic heterocycles. The van der Waals surface area contributed by atoms with Crippen molar-refractivity contribution in [3.05, 3.63) is 28.0 Å². The lowest BCUT2D eigenvalue weighted by Crippen LogP contribution is -1.37. The van der Waals surface area contributed by atoms with Gasteiger partial charge in [0.2, 0.25) is 0 Å². The standard InChI is InChI=1S/C6H7I/c1-2-3-4-5-6-7/h2-4,6H,1H3/b3-2+. The molecule has 0 aliphatic rings. The van der Waals surface area contributed by atoms with Gasteiger partial charge in [0, 0.05) is 4.08 Å². The predicted molar refractivity (Wildman–Crippen MR) is 41.5 cm³/mol. The van der Waals surface area contributed by atoms with Crippen LogP contribution in [-0.4, -0.2) is 0 Å². The number of rotatable bonds is 1. The highest BCUT2D eigenvalue weighted by molar-refractivity contribution is 14.1. The Kier molecular flexibility index (Phi) is 5.98. The molecular formula is C6H7I. The van der Waals surface area contributed by atoms with Gasteiger partial charge >= 0.3 is 0 Å². The lowest BCUT2D eigenvalue weighted by atomic mass is 10.5. The Morgan fingerprint density at radius 2 is 2.29 bits per heavy atom. The zero-order valence-corrected chi connectivity index (χ0v) is 6.34. The summed E-state index contributed by atoms with van der Waals surface area (Å²) < 4.78 is 1.84. The third-order valence-corrected chi connectivity index (χ3v) is 0.807. The molecule has 0 saturated heterocycles. The van der Waals surface area contributed by atoms with E-state index in [-0.39, 0.29) is 0 Å². The highest BCUT2D eigenvalue weighted by Gasteiger charge is 1.49. The molecule has 0 aromatic rings. The van der Waals surface area contributed by atoms with E-state index in [1.165, 1.54) is 0 Å². The van der Waals surface area contributed by atoms with Gasteiger partial charge in [-0.15, -0.1) is 5.73 Å². The lowest BCUT2D eigenvalue weighted by molar-refractivity contribution is 1.74. The second kappa shape index (κ2) is 5.99. The quantitative estimate of drug-likeness (QED) is 0.351. The van der Waals surface area contributed by atoms with Gasteiger partial charge < -0.3 is 0 Å². The molecule has 0 amide bonds. The van der Waals surface area contributed by atoms with E-state index in [9.17, 15) is 0 Å². The molecule has 0 unspecified atom stereocenters. The largest absolute Gasteiger partial charge is 0.114 e. The van der Waals surface area contributed by atoms with Crippen molar-refractivity contribution in [1.29, 1.82) is 0 Å². The van der Waals surface area contributed by atoms with E-state index in [0.29, 0.717) is 0 Å². The van der Waals surface area contributed by atoms with Crippen molar-refractivity contribution in [1.82, 2.24) is 0 Å². The van der Waals surface area contributed by atoms with Gasteiger partial charge in [-0.2, -0.15) is 0 Å². The zero-order valence-electron chi connectivity index (χ0n) is 4.19. The minimum absolute atomic E-state index is 1.84. The average molecular weight is 206 g/mol. The first-order chi connectivity index (χ1) is 3.41. The first-order valence-electron chi connectivity index (χ1n) is 2.04. The molecule has 0 fully saturated rings. The fourth-order valence-corrected chi connectivity index (χ4v) is 0.396. The minimum Gasteiger partial charge on any atom is -0.114 e. The van der Waals surface area contributed by atoms with Gasteiger partial charge in [0.25, 0.3) is 0 Å². The Hall–Kier alpha value is -0.0100. The van der Waals surface area contributed by atoms with Gasteiger partial charge in [-0.3, -0.25) is 0 Å². The maximum atomic E-state index is 2.90. The van der Waals surface area contributed by atoms with Gasteiger partial charge in [-0.05, 0) is 35.6 Å². The van der Waals surface area contributed by atoms with Crippen molar-refractivity contribution in [3.8, 4) is 0 Å². The summed E-state index contributed by atoms with van der Waals surface area (Å²) in [6.07, 6.45) is 5.77. The molecule has 38 valence electrons. The maximum absolute atomic E-state index is 2.90. The summed E-state index contributed by atoms with van der Waals surface area (Å²) in [6.45, 7) is 1.98. The second-order valence-electron chi connectivity index (χ2n) is 0.968. The lowest BCUT2D eigenvalue weighted by Gasteiger charge is -1.59. The van der Waals surface area contributed by atoms with E-state index in [0.717, 1.165) is 0 Å². The zero-order chi connectivity index (χ0) is 5.54. The van der Waals surface area contributed by atoms with Gasteiger partial charge in [-0.25, -0.2) is 0 Å². The molecule has 0 heterocycles. The van der Waals surface area contributed by atoms with E-state index in [4.69, 9.17) is 0 Å². The van der Waals surface area contributed by atoms with Crippen molar-refractivity contribution >= 4 is 22.6 Å². The van der Waals surface area contributed by atoms with Crippen LogP contribution >= 0.6 is 22.6 Å². The first-order valence-corrected chi connectivity index (χ1v) is 3.29. The molecule has 7 heavy (non-hydrogen) atoms. The van der Waals surface area contributed by atoms with E-state index in [2.05, 4.69) is 28.3 Å². The summed E-state index contributed by atoms with van der Waals surface area (Å²) >= 11 is 2.13. The normalized spacial score (nSPS) is 8.29. The van der Waals surface area contributed by atoms with E-state index in [1.54, 1.807) is 0 Å². The van der Waals surface area contributed by atoms with E-state index in [1.807, 2.05) is 29.2 Å². The van der Waals surface area contributed by atoms with E-state index < -0.39 is 0 Å². The Balaban J connectivity index is 3.48. The third-order valence-electron chi connectivity index (χ3n) is 0.448. The molecule has 0 radical (unpaired) electrons. The number of hydrogen-bond acceptors (Lipinski definition) is 0. The fourth-order valence-electron chi connectivity index (χ4n) is 0.188. The van der Waals surface area contributed by atoms with Crippen LogP contribution in [0.15, 0.2) is 28.0 Å². The Labute approximate surface area is 57.8 Å². The SMILES string of the molecule is C/C=C/C=C=CI. The number of halogens is 1. The topological polar surface area (TPSA) is 0 Å². The summed E-state index contributed by atoms with van der Waals surface area (Å²) in [5.41, 5.74) is 2.90. The molecule has 0 N–H and O–H groups in total. The molecule has 0 spiro atoms. The van der Waals surface area contributed by atoms with Crippen LogP contribution in [0.25, 0.3) is 0 Å². The summed E-state index contributed by atoms with van der Waals surface area (Å²) in [6, 6.07) is 0. The van der Waals surface area contributed by atoms with Crippen LogP contribution in [0.5, 0.6) is 0 Å². The fraction of sp³-hybridized carbons (Fsp3) is 0.167. The summed E-state index contributed by atoms with van der Waals surface area (Å²) in [5.74, 6) is 0. The minimum atomic E-state index is 1.84. The van der Waals surface area contributed by atoms with Crippen molar-refractivity contribution in [3.63, 3.8) is 0 Å². The molecule has 0 aliphatic carbocycles. The van der Waals surface area contributed by atoms with Crippen LogP contribution < -0.4 is 0 Å². The monoisotopic (exact) mass is 206 g/mol. The first kappa shape index (κ1) is 6.99. The number of allylic oxidation sites excluding steroid dienone is 3. The molecule has 0 saturated carbocycles. The van der Waals surface area contributed by atoms with Gasteiger partial charge in [-0.1, -0.05) is 12.2 Å². The molecule has 0 aromatic heterocycles. The van der Waals surface area contributed by atoms with Crippen LogP contribution in [0.1, 0.15) is 6.92 Å². The molecule has 0 aromatic carbocycles. The third kappa shape index (κ3) is 5.99. The molecule has 0 rings (SSSR count). The Morgan fingerprint density at radius 3 is 2.71 bits per heavy atom. The van der Waals surface area contributed by atoms with Crippen LogP contribution in [-0.2, 0) is 0 Å². The van der Waals surface area contributed by atoms with Crippen LogP contribution in [0, 0.1) is 0 Å². The maximum Gasteiger partial charge on any atom is 0.0187 e. The molecule has 0 nitrogen and oxygen atoms in total. The Morgan fingerprint density at radius 1 is 1.57 bits per heavy atom. The highest BCUT2D eigenvalue weighted by Crippen LogP contribution is 1.79. The van der Waals surface area contributed by atoms with Gasteiger partial charge in [0.15, 0.2) is 0 Å². The van der Waals surface area contributed by atoms with Crippen molar-refractivity contribution in [2.75, 3.05) is 0 Å².